The quantitative estimate of drug-likeness (QED) is 0.881. The Kier molecular flexibility index (Phi) is 3.29. The van der Waals surface area contributed by atoms with Crippen molar-refractivity contribution in [3.8, 4) is 0 Å². The summed E-state index contributed by atoms with van der Waals surface area (Å²) in [6.45, 7) is 0.491. The lowest BCUT2D eigenvalue weighted by molar-refractivity contribution is 0.361. The largest absolute Gasteiger partial charge is 0.463 e. The number of nitrogens with two attached hydrogens (primary N) is 1. The molecular formula is C11H16BrNO. The van der Waals surface area contributed by atoms with Crippen LogP contribution < -0.4 is 5.73 Å². The van der Waals surface area contributed by atoms with E-state index in [1.807, 2.05) is 6.07 Å². The molecule has 0 amide bonds. The van der Waals surface area contributed by atoms with E-state index in [0.717, 1.165) is 16.0 Å². The van der Waals surface area contributed by atoms with Gasteiger partial charge in [0.25, 0.3) is 0 Å². The molecule has 0 unspecified atom stereocenters. The summed E-state index contributed by atoms with van der Waals surface area (Å²) in [5.41, 5.74) is 5.55. The van der Waals surface area contributed by atoms with Gasteiger partial charge in [0.15, 0.2) is 0 Å². The lowest BCUT2D eigenvalue weighted by Gasteiger charge is -2.19. The summed E-state index contributed by atoms with van der Waals surface area (Å²) < 4.78 is 6.83. The summed E-state index contributed by atoms with van der Waals surface area (Å²) in [4.78, 5) is 0. The first-order valence-corrected chi connectivity index (χ1v) is 6.08. The van der Waals surface area contributed by atoms with Gasteiger partial charge in [-0.05, 0) is 34.8 Å². The highest BCUT2D eigenvalue weighted by molar-refractivity contribution is 9.10. The first-order chi connectivity index (χ1) is 6.81. The van der Waals surface area contributed by atoms with Crippen LogP contribution in [0.5, 0.6) is 0 Å². The molecule has 1 aliphatic rings. The molecular weight excluding hydrogens is 242 g/mol. The van der Waals surface area contributed by atoms with Crippen LogP contribution in [0.3, 0.4) is 0 Å². The van der Waals surface area contributed by atoms with E-state index in [-0.39, 0.29) is 0 Å². The van der Waals surface area contributed by atoms with E-state index < -0.39 is 0 Å². The van der Waals surface area contributed by atoms with E-state index >= 15 is 0 Å². The zero-order valence-electron chi connectivity index (χ0n) is 8.26. The zero-order chi connectivity index (χ0) is 9.97. The van der Waals surface area contributed by atoms with Crippen molar-refractivity contribution in [2.24, 2.45) is 5.73 Å². The van der Waals surface area contributed by atoms with Gasteiger partial charge in [0.1, 0.15) is 11.5 Å². The van der Waals surface area contributed by atoms with Gasteiger partial charge in [-0.1, -0.05) is 19.3 Å². The topological polar surface area (TPSA) is 39.2 Å². The summed E-state index contributed by atoms with van der Waals surface area (Å²) in [5, 5.41) is 0. The molecule has 0 spiro atoms. The Labute approximate surface area is 93.0 Å². The molecule has 78 valence electrons. The van der Waals surface area contributed by atoms with Crippen molar-refractivity contribution in [1.29, 1.82) is 0 Å². The van der Waals surface area contributed by atoms with Crippen LogP contribution in [-0.2, 0) is 6.54 Å². The fraction of sp³-hybridized carbons (Fsp3) is 0.636. The fourth-order valence-electron chi connectivity index (χ4n) is 2.18. The maximum absolute atomic E-state index is 5.73. The Balaban J connectivity index is 2.17. The van der Waals surface area contributed by atoms with Gasteiger partial charge in [0.2, 0.25) is 0 Å². The van der Waals surface area contributed by atoms with E-state index in [4.69, 9.17) is 10.2 Å². The minimum Gasteiger partial charge on any atom is -0.463 e. The molecule has 2 rings (SSSR count). The van der Waals surface area contributed by atoms with E-state index in [1.54, 1.807) is 0 Å². The Bertz CT molecular complexity index is 302. The van der Waals surface area contributed by atoms with Crippen LogP contribution in [0.4, 0.5) is 0 Å². The monoisotopic (exact) mass is 257 g/mol. The average molecular weight is 258 g/mol. The summed E-state index contributed by atoms with van der Waals surface area (Å²) in [7, 11) is 0. The SMILES string of the molecule is NCc1cc(Br)c(C2CCCCC2)o1. The van der Waals surface area contributed by atoms with Crippen LogP contribution in [0.25, 0.3) is 0 Å². The van der Waals surface area contributed by atoms with Gasteiger partial charge >= 0.3 is 0 Å². The molecule has 2 N–H and O–H groups in total. The maximum atomic E-state index is 5.73. The Morgan fingerprint density at radius 3 is 2.64 bits per heavy atom. The van der Waals surface area contributed by atoms with Crippen LogP contribution in [0, 0.1) is 0 Å². The Morgan fingerprint density at radius 1 is 1.36 bits per heavy atom. The highest BCUT2D eigenvalue weighted by Crippen LogP contribution is 2.37. The van der Waals surface area contributed by atoms with Crippen LogP contribution in [0.15, 0.2) is 15.0 Å². The minimum absolute atomic E-state index is 0.491. The van der Waals surface area contributed by atoms with Crippen LogP contribution in [0.1, 0.15) is 49.5 Å². The van der Waals surface area contributed by atoms with Crippen molar-refractivity contribution in [1.82, 2.24) is 0 Å². The van der Waals surface area contributed by atoms with Gasteiger partial charge in [0.05, 0.1) is 11.0 Å². The van der Waals surface area contributed by atoms with Gasteiger partial charge in [-0.3, -0.25) is 0 Å². The molecule has 14 heavy (non-hydrogen) atoms. The molecule has 1 aromatic rings. The first-order valence-electron chi connectivity index (χ1n) is 5.29. The molecule has 0 aliphatic heterocycles. The van der Waals surface area contributed by atoms with Crippen molar-refractivity contribution >= 4 is 15.9 Å². The summed E-state index contributed by atoms with van der Waals surface area (Å²) in [6.07, 6.45) is 6.55. The predicted molar refractivity (Wildman–Crippen MR) is 60.1 cm³/mol. The maximum Gasteiger partial charge on any atom is 0.121 e. The van der Waals surface area contributed by atoms with Crippen molar-refractivity contribution in [2.45, 2.75) is 44.6 Å². The van der Waals surface area contributed by atoms with Crippen molar-refractivity contribution in [2.75, 3.05) is 0 Å². The van der Waals surface area contributed by atoms with Gasteiger partial charge in [-0.25, -0.2) is 0 Å². The third-order valence-electron chi connectivity index (χ3n) is 2.94. The van der Waals surface area contributed by atoms with Crippen LogP contribution in [0.2, 0.25) is 0 Å². The molecule has 1 fully saturated rings. The molecule has 0 bridgehead atoms. The Hall–Kier alpha value is -0.280. The molecule has 1 heterocycles. The van der Waals surface area contributed by atoms with Crippen LogP contribution >= 0.6 is 15.9 Å². The van der Waals surface area contributed by atoms with E-state index in [1.165, 1.54) is 32.1 Å². The third-order valence-corrected chi connectivity index (χ3v) is 3.56. The van der Waals surface area contributed by atoms with Crippen LogP contribution in [-0.4, -0.2) is 0 Å². The molecule has 3 heteroatoms. The molecule has 0 atom stereocenters. The standard InChI is InChI=1S/C11H16BrNO/c12-10-6-9(7-13)14-11(10)8-4-2-1-3-5-8/h6,8H,1-5,7,13H2. The second kappa shape index (κ2) is 4.49. The highest BCUT2D eigenvalue weighted by Gasteiger charge is 2.21. The lowest BCUT2D eigenvalue weighted by Crippen LogP contribution is -2.03. The van der Waals surface area contributed by atoms with Gasteiger partial charge in [-0.2, -0.15) is 0 Å². The minimum atomic E-state index is 0.491. The van der Waals surface area contributed by atoms with Gasteiger partial charge < -0.3 is 10.2 Å². The van der Waals surface area contributed by atoms with E-state index in [9.17, 15) is 0 Å². The highest BCUT2D eigenvalue weighted by atomic mass is 79.9. The first kappa shape index (κ1) is 10.2. The van der Waals surface area contributed by atoms with Crippen molar-refractivity contribution in [3.05, 3.63) is 22.1 Å². The predicted octanol–water partition coefficient (Wildman–Crippen LogP) is 3.55. The Morgan fingerprint density at radius 2 is 2.07 bits per heavy atom. The van der Waals surface area contributed by atoms with Gasteiger partial charge in [-0.15, -0.1) is 0 Å². The summed E-state index contributed by atoms with van der Waals surface area (Å²) in [5.74, 6) is 2.61. The van der Waals surface area contributed by atoms with Gasteiger partial charge in [0, 0.05) is 5.92 Å². The molecule has 0 aromatic carbocycles. The molecule has 0 saturated heterocycles. The number of rotatable bonds is 2. The number of hydrogen-bond acceptors (Lipinski definition) is 2. The third kappa shape index (κ3) is 2.04. The normalized spacial score (nSPS) is 18.7. The molecule has 1 aromatic heterocycles. The van der Waals surface area contributed by atoms with Crippen molar-refractivity contribution in [3.63, 3.8) is 0 Å². The fourth-order valence-corrected chi connectivity index (χ4v) is 2.84. The average Bonchev–Trinajstić information content (AvgIpc) is 2.61. The number of furan rings is 1. The lowest BCUT2D eigenvalue weighted by atomic mass is 9.88. The number of halogens is 1. The molecule has 0 radical (unpaired) electrons. The van der Waals surface area contributed by atoms with E-state index in [2.05, 4.69) is 15.9 Å². The molecule has 1 aliphatic carbocycles. The number of hydrogen-bond donors (Lipinski definition) is 1. The molecule has 1 saturated carbocycles. The molecule has 2 nitrogen and oxygen atoms in total. The zero-order valence-corrected chi connectivity index (χ0v) is 9.85. The smallest absolute Gasteiger partial charge is 0.121 e. The van der Waals surface area contributed by atoms with Crippen molar-refractivity contribution < 1.29 is 4.42 Å². The summed E-state index contributed by atoms with van der Waals surface area (Å²) in [6, 6.07) is 2.00. The summed E-state index contributed by atoms with van der Waals surface area (Å²) >= 11 is 3.54. The second-order valence-electron chi connectivity index (χ2n) is 3.96. The van der Waals surface area contributed by atoms with E-state index in [0.29, 0.717) is 12.5 Å². The second-order valence-corrected chi connectivity index (χ2v) is 4.82.